The van der Waals surface area contributed by atoms with E-state index < -0.39 is 10.0 Å². The van der Waals surface area contributed by atoms with Crippen molar-refractivity contribution < 1.29 is 17.6 Å². The van der Waals surface area contributed by atoms with E-state index in [1.807, 2.05) is 31.2 Å². The Balaban J connectivity index is 1.38. The first-order valence-electron chi connectivity index (χ1n) is 12.5. The highest BCUT2D eigenvalue weighted by Crippen LogP contribution is 2.35. The summed E-state index contributed by atoms with van der Waals surface area (Å²) in [5.41, 5.74) is 3.97. The Morgan fingerprint density at radius 2 is 1.78 bits per heavy atom. The van der Waals surface area contributed by atoms with Crippen LogP contribution in [-0.2, 0) is 16.6 Å². The first-order chi connectivity index (χ1) is 19.8. The molecule has 0 atom stereocenters. The van der Waals surface area contributed by atoms with Gasteiger partial charge in [-0.25, -0.2) is 17.4 Å². The Kier molecular flexibility index (Phi) is 6.90. The van der Waals surface area contributed by atoms with Crippen LogP contribution in [0.25, 0.3) is 33.6 Å². The molecule has 0 radical (unpaired) electrons. The zero-order valence-electron chi connectivity index (χ0n) is 21.9. The summed E-state index contributed by atoms with van der Waals surface area (Å²) in [6.07, 6.45) is 4.47. The van der Waals surface area contributed by atoms with Gasteiger partial charge in [-0.15, -0.1) is 5.10 Å². The topological polar surface area (TPSA) is 125 Å². The molecule has 10 nitrogen and oxygen atoms in total. The summed E-state index contributed by atoms with van der Waals surface area (Å²) in [6.45, 7) is 2.37. The average molecular weight is 587 g/mol. The molecule has 0 spiro atoms. The van der Waals surface area contributed by atoms with Crippen molar-refractivity contribution >= 4 is 38.5 Å². The second kappa shape index (κ2) is 10.7. The van der Waals surface area contributed by atoms with Gasteiger partial charge in [-0.05, 0) is 55.0 Å². The number of fused-ring (bicyclic) bond motifs is 1. The molecule has 1 N–H and O–H groups in total. The third-order valence-corrected chi connectivity index (χ3v) is 8.37. The van der Waals surface area contributed by atoms with E-state index in [-0.39, 0.29) is 22.0 Å². The molecule has 6 rings (SSSR count). The van der Waals surface area contributed by atoms with Crippen molar-refractivity contribution in [3.8, 4) is 28.5 Å². The number of rotatable bonds is 8. The number of methoxy groups -OCH3 is 1. The Hall–Kier alpha value is -4.74. The minimum atomic E-state index is -3.92. The van der Waals surface area contributed by atoms with Gasteiger partial charge in [0.05, 0.1) is 35.6 Å². The lowest BCUT2D eigenvalue weighted by Crippen LogP contribution is -2.11. The number of halogens is 1. The Labute approximate surface area is 240 Å². The largest absolute Gasteiger partial charge is 0.497 e. The maximum absolute atomic E-state index is 13.7. The summed E-state index contributed by atoms with van der Waals surface area (Å²) in [6, 6.07) is 19.8. The van der Waals surface area contributed by atoms with Gasteiger partial charge in [0, 0.05) is 29.3 Å². The highest BCUT2D eigenvalue weighted by Gasteiger charge is 2.23. The molecule has 0 amide bonds. The fourth-order valence-corrected chi connectivity index (χ4v) is 5.88. The summed E-state index contributed by atoms with van der Waals surface area (Å²) in [7, 11) is -2.31. The van der Waals surface area contributed by atoms with Crippen molar-refractivity contribution in [2.45, 2.75) is 18.4 Å². The lowest BCUT2D eigenvalue weighted by Gasteiger charge is -2.08. The summed E-state index contributed by atoms with van der Waals surface area (Å²) >= 11 is 6.13. The van der Waals surface area contributed by atoms with Crippen LogP contribution in [-0.4, -0.2) is 39.7 Å². The number of nitrogens with one attached hydrogen (secondary N) is 1. The predicted molar refractivity (Wildman–Crippen MR) is 155 cm³/mol. The van der Waals surface area contributed by atoms with Crippen molar-refractivity contribution in [3.05, 3.63) is 102 Å². The maximum Gasteiger partial charge on any atom is 0.316 e. The number of aryl methyl sites for hydroxylation is 1. The molecule has 0 unspecified atom stereocenters. The van der Waals surface area contributed by atoms with Gasteiger partial charge in [0.25, 0.3) is 10.0 Å². The third-order valence-electron chi connectivity index (χ3n) is 6.50. The van der Waals surface area contributed by atoms with Crippen LogP contribution in [0, 0.1) is 6.92 Å². The summed E-state index contributed by atoms with van der Waals surface area (Å²) < 4.78 is 39.7. The van der Waals surface area contributed by atoms with Crippen molar-refractivity contribution in [2.75, 3.05) is 12.4 Å². The van der Waals surface area contributed by atoms with Gasteiger partial charge < -0.3 is 14.5 Å². The lowest BCUT2D eigenvalue weighted by molar-refractivity contribution is 0.414. The van der Waals surface area contributed by atoms with Gasteiger partial charge in [0.15, 0.2) is 0 Å². The van der Waals surface area contributed by atoms with Crippen LogP contribution < -0.4 is 10.1 Å². The molecule has 0 aliphatic carbocycles. The van der Waals surface area contributed by atoms with Crippen LogP contribution in [0.5, 0.6) is 5.75 Å². The number of anilines is 1. The van der Waals surface area contributed by atoms with Crippen LogP contribution in [0.4, 0.5) is 6.01 Å². The van der Waals surface area contributed by atoms with Crippen molar-refractivity contribution in [2.24, 2.45) is 0 Å². The number of hydrogen-bond acceptors (Lipinski definition) is 9. The molecule has 0 fully saturated rings. The standard InChI is InChI=1S/C29H23ClN6O4S/c1-18-3-10-22(11-4-18)41(37,38)36-17-24(25-15-31-16-27(30)33-25)23-13-20(7-12-26(23)36)28-34-35-29(40-28)32-14-19-5-8-21(39-2)9-6-19/h3-13,15-17H,14H2,1-2H3,(H,32,35). The zero-order chi connectivity index (χ0) is 28.6. The number of hydrogen-bond donors (Lipinski definition) is 1. The molecule has 0 saturated heterocycles. The van der Waals surface area contributed by atoms with Crippen molar-refractivity contribution in [1.29, 1.82) is 0 Å². The highest BCUT2D eigenvalue weighted by molar-refractivity contribution is 7.90. The second-order valence-corrected chi connectivity index (χ2v) is 11.4. The van der Waals surface area contributed by atoms with E-state index in [1.165, 1.54) is 22.6 Å². The quantitative estimate of drug-likeness (QED) is 0.230. The monoisotopic (exact) mass is 586 g/mol. The van der Waals surface area contributed by atoms with Crippen molar-refractivity contribution in [3.63, 3.8) is 0 Å². The molecule has 12 heteroatoms. The Morgan fingerprint density at radius 3 is 2.51 bits per heavy atom. The predicted octanol–water partition coefficient (Wildman–Crippen LogP) is 5.97. The van der Waals surface area contributed by atoms with E-state index in [9.17, 15) is 8.42 Å². The van der Waals surface area contributed by atoms with Gasteiger partial charge in [-0.1, -0.05) is 46.5 Å². The van der Waals surface area contributed by atoms with Crippen LogP contribution in [0.1, 0.15) is 11.1 Å². The Morgan fingerprint density at radius 1 is 1.00 bits per heavy atom. The Bertz CT molecular complexity index is 1970. The van der Waals surface area contributed by atoms with E-state index in [0.29, 0.717) is 34.3 Å². The summed E-state index contributed by atoms with van der Waals surface area (Å²) in [5.74, 6) is 1.04. The minimum absolute atomic E-state index is 0.164. The molecule has 206 valence electrons. The van der Waals surface area contributed by atoms with Gasteiger partial charge in [-0.3, -0.25) is 4.98 Å². The second-order valence-electron chi connectivity index (χ2n) is 9.23. The molecule has 3 aromatic heterocycles. The molecule has 41 heavy (non-hydrogen) atoms. The van der Waals surface area contributed by atoms with Gasteiger partial charge in [0.2, 0.25) is 5.89 Å². The molecule has 0 saturated carbocycles. The fraction of sp³-hybridized carbons (Fsp3) is 0.103. The molecule has 0 bridgehead atoms. The van der Waals surface area contributed by atoms with E-state index >= 15 is 0 Å². The smallest absolute Gasteiger partial charge is 0.316 e. The van der Waals surface area contributed by atoms with Gasteiger partial charge in [0.1, 0.15) is 10.9 Å². The number of aromatic nitrogens is 5. The van der Waals surface area contributed by atoms with E-state index in [2.05, 4.69) is 25.5 Å². The lowest BCUT2D eigenvalue weighted by atomic mass is 10.1. The van der Waals surface area contributed by atoms with Crippen molar-refractivity contribution in [1.82, 2.24) is 24.1 Å². The van der Waals surface area contributed by atoms with Crippen LogP contribution in [0.2, 0.25) is 5.15 Å². The van der Waals surface area contributed by atoms with E-state index in [0.717, 1.165) is 16.9 Å². The molecular weight excluding hydrogens is 564 g/mol. The van der Waals surface area contributed by atoms with E-state index in [4.69, 9.17) is 20.8 Å². The normalized spacial score (nSPS) is 11.6. The van der Waals surface area contributed by atoms with Crippen LogP contribution in [0.15, 0.2) is 94.6 Å². The third kappa shape index (κ3) is 5.24. The maximum atomic E-state index is 13.7. The molecule has 0 aliphatic heterocycles. The number of benzene rings is 3. The first kappa shape index (κ1) is 26.5. The molecule has 6 aromatic rings. The van der Waals surface area contributed by atoms with E-state index in [1.54, 1.807) is 49.6 Å². The molecular formula is C29H23ClN6O4S. The highest BCUT2D eigenvalue weighted by atomic mass is 35.5. The van der Waals surface area contributed by atoms with Gasteiger partial charge in [-0.2, -0.15) is 0 Å². The average Bonchev–Trinajstić information content (AvgIpc) is 3.62. The number of ether oxygens (including phenoxy) is 1. The molecule has 3 aromatic carbocycles. The fourth-order valence-electron chi connectivity index (χ4n) is 4.36. The zero-order valence-corrected chi connectivity index (χ0v) is 23.5. The van der Waals surface area contributed by atoms with Crippen LogP contribution in [0.3, 0.4) is 0 Å². The first-order valence-corrected chi connectivity index (χ1v) is 14.3. The van der Waals surface area contributed by atoms with Gasteiger partial charge >= 0.3 is 6.01 Å². The van der Waals surface area contributed by atoms with Crippen LogP contribution >= 0.6 is 11.6 Å². The summed E-state index contributed by atoms with van der Waals surface area (Å²) in [4.78, 5) is 8.67. The SMILES string of the molecule is COc1ccc(CNc2nnc(-c3ccc4c(c3)c(-c3cncc(Cl)n3)cn4S(=O)(=O)c3ccc(C)cc3)o2)cc1. The summed E-state index contributed by atoms with van der Waals surface area (Å²) in [5, 5.41) is 12.2. The number of nitrogens with zero attached hydrogens (tertiary/aromatic N) is 5. The molecule has 3 heterocycles. The molecule has 0 aliphatic rings. The minimum Gasteiger partial charge on any atom is -0.497 e.